The average molecular weight is 435 g/mol. The lowest BCUT2D eigenvalue weighted by Gasteiger charge is -2.11. The summed E-state index contributed by atoms with van der Waals surface area (Å²) in [6, 6.07) is 3.90. The van der Waals surface area contributed by atoms with E-state index in [1.54, 1.807) is 0 Å². The molecule has 0 fully saturated rings. The van der Waals surface area contributed by atoms with Crippen molar-refractivity contribution in [3.8, 4) is 11.8 Å². The van der Waals surface area contributed by atoms with E-state index in [9.17, 15) is 13.2 Å². The number of hydrogen-bond acceptors (Lipinski definition) is 8. The summed E-state index contributed by atoms with van der Waals surface area (Å²) in [5, 5.41) is 8.60. The molecule has 0 aliphatic heterocycles. The van der Waals surface area contributed by atoms with Gasteiger partial charge in [-0.05, 0) is 22.0 Å². The highest BCUT2D eigenvalue weighted by Gasteiger charge is 2.13. The molecule has 136 valence electrons. The molecule has 0 saturated heterocycles. The Morgan fingerprint density at radius 3 is 2.72 bits per heavy atom. The lowest BCUT2D eigenvalue weighted by molar-refractivity contribution is 0.261. The molecule has 10 nitrogen and oxygen atoms in total. The second-order valence-corrected chi connectivity index (χ2v) is 7.82. The minimum Gasteiger partial charge on any atom is -0.479 e. The summed E-state index contributed by atoms with van der Waals surface area (Å²) in [6.45, 7) is -0.0384. The van der Waals surface area contributed by atoms with Crippen molar-refractivity contribution in [1.82, 2.24) is 10.1 Å². The molecule has 0 saturated carbocycles. The van der Waals surface area contributed by atoms with E-state index in [1.807, 2.05) is 0 Å². The maximum absolute atomic E-state index is 11.9. The van der Waals surface area contributed by atoms with E-state index in [0.29, 0.717) is 4.67 Å². The molecule has 12 heteroatoms. The molecule has 2 aromatic heterocycles. The lowest BCUT2D eigenvalue weighted by atomic mass is 10.4. The number of nitrogens with zero attached hydrogens (tertiary/aromatic N) is 2. The lowest BCUT2D eigenvalue weighted by Crippen LogP contribution is -2.20. The van der Waals surface area contributed by atoms with Crippen molar-refractivity contribution in [2.75, 3.05) is 36.4 Å². The van der Waals surface area contributed by atoms with E-state index in [4.69, 9.17) is 14.0 Å². The van der Waals surface area contributed by atoms with Crippen LogP contribution in [0.2, 0.25) is 0 Å². The Bertz CT molecular complexity index is 854. The summed E-state index contributed by atoms with van der Waals surface area (Å²) < 4.78 is 37.6. The molecule has 0 bridgehead atoms. The molecular weight excluding hydrogens is 420 g/mol. The van der Waals surface area contributed by atoms with Crippen molar-refractivity contribution in [1.29, 1.82) is 0 Å². The van der Waals surface area contributed by atoms with Crippen LogP contribution in [-0.4, -0.2) is 50.3 Å². The zero-order valence-electron chi connectivity index (χ0n) is 13.3. The van der Waals surface area contributed by atoms with Gasteiger partial charge in [0.15, 0.2) is 15.7 Å². The fourth-order valence-corrected chi connectivity index (χ4v) is 2.31. The van der Waals surface area contributed by atoms with Crippen molar-refractivity contribution < 1.29 is 27.2 Å². The minimum absolute atomic E-state index is 0.0384. The molecule has 2 amide bonds. The van der Waals surface area contributed by atoms with Crippen LogP contribution in [0.15, 0.2) is 27.4 Å². The van der Waals surface area contributed by atoms with Crippen molar-refractivity contribution >= 4 is 43.3 Å². The van der Waals surface area contributed by atoms with E-state index in [0.717, 1.165) is 6.26 Å². The van der Waals surface area contributed by atoms with Gasteiger partial charge >= 0.3 is 6.03 Å². The number of halogens is 1. The highest BCUT2D eigenvalue weighted by Crippen LogP contribution is 2.25. The van der Waals surface area contributed by atoms with Crippen molar-refractivity contribution in [3.05, 3.63) is 22.9 Å². The number of amides is 2. The Hall–Kier alpha value is -2.34. The fourth-order valence-electron chi connectivity index (χ4n) is 1.63. The number of aromatic nitrogens is 2. The van der Waals surface area contributed by atoms with E-state index < -0.39 is 15.9 Å². The van der Waals surface area contributed by atoms with Crippen LogP contribution in [0, 0.1) is 0 Å². The monoisotopic (exact) mass is 434 g/mol. The molecule has 0 aliphatic rings. The number of carbonyl (C=O) groups is 1. The maximum Gasteiger partial charge on any atom is 0.325 e. The fraction of sp³-hybridized carbons (Fsp3) is 0.308. The molecule has 0 unspecified atom stereocenters. The van der Waals surface area contributed by atoms with Crippen molar-refractivity contribution in [2.24, 2.45) is 0 Å². The van der Waals surface area contributed by atoms with Crippen LogP contribution in [-0.2, 0) is 9.84 Å². The number of rotatable bonds is 7. The average Bonchev–Trinajstić information content (AvgIpc) is 2.92. The number of hydrogen-bond donors (Lipinski definition) is 2. The van der Waals surface area contributed by atoms with Gasteiger partial charge in [0.1, 0.15) is 12.3 Å². The summed E-state index contributed by atoms with van der Waals surface area (Å²) in [4.78, 5) is 16.0. The molecule has 2 N–H and O–H groups in total. The number of nitrogens with one attached hydrogen (secondary N) is 2. The van der Waals surface area contributed by atoms with Gasteiger partial charge in [-0.15, -0.1) is 0 Å². The van der Waals surface area contributed by atoms with Crippen LogP contribution >= 0.6 is 15.9 Å². The Labute approximate surface area is 151 Å². The van der Waals surface area contributed by atoms with Gasteiger partial charge < -0.3 is 19.3 Å². The predicted octanol–water partition coefficient (Wildman–Crippen LogP) is 1.91. The first kappa shape index (κ1) is 19.0. The number of carbonyl (C=O) groups excluding carboxylic acids is 1. The zero-order valence-corrected chi connectivity index (χ0v) is 15.7. The normalized spacial score (nSPS) is 11.0. The third-order valence-corrected chi connectivity index (χ3v) is 3.99. The number of urea groups is 1. The summed E-state index contributed by atoms with van der Waals surface area (Å²) >= 11 is 3.07. The minimum atomic E-state index is -3.13. The molecule has 2 aromatic rings. The first-order chi connectivity index (χ1) is 11.8. The molecule has 2 heterocycles. The number of methoxy groups -OCH3 is 1. The summed E-state index contributed by atoms with van der Waals surface area (Å²) in [5.41, 5.74) is 0.290. The number of pyridine rings is 1. The second-order valence-electron chi connectivity index (χ2n) is 4.78. The highest BCUT2D eigenvalue weighted by atomic mass is 79.9. The van der Waals surface area contributed by atoms with Gasteiger partial charge in [-0.1, -0.05) is 5.16 Å². The Morgan fingerprint density at radius 2 is 2.12 bits per heavy atom. The van der Waals surface area contributed by atoms with E-state index in [1.165, 1.54) is 25.3 Å². The topological polar surface area (TPSA) is 133 Å². The van der Waals surface area contributed by atoms with E-state index in [-0.39, 0.29) is 35.6 Å². The van der Waals surface area contributed by atoms with Gasteiger partial charge in [-0.25, -0.2) is 13.2 Å². The van der Waals surface area contributed by atoms with Gasteiger partial charge in [-0.3, -0.25) is 5.32 Å². The van der Waals surface area contributed by atoms with Crippen LogP contribution in [0.25, 0.3) is 0 Å². The molecule has 0 aliphatic carbocycles. The SMILES string of the molecule is COc1nc(OCCS(C)(=O)=O)ccc1NC(=O)Nc1cc(Br)on1. The smallest absolute Gasteiger partial charge is 0.325 e. The number of sulfone groups is 1. The van der Waals surface area contributed by atoms with E-state index >= 15 is 0 Å². The molecule has 2 rings (SSSR count). The molecule has 0 aromatic carbocycles. The first-order valence-corrected chi connectivity index (χ1v) is 9.68. The third-order valence-electron chi connectivity index (χ3n) is 2.70. The van der Waals surface area contributed by atoms with Crippen LogP contribution in [0.5, 0.6) is 11.8 Å². The molecule has 0 spiro atoms. The van der Waals surface area contributed by atoms with E-state index in [2.05, 4.69) is 36.7 Å². The van der Waals surface area contributed by atoms with Crippen LogP contribution in [0.4, 0.5) is 16.3 Å². The predicted molar refractivity (Wildman–Crippen MR) is 92.8 cm³/mol. The number of anilines is 2. The molecule has 0 atom stereocenters. The zero-order chi connectivity index (χ0) is 18.4. The summed E-state index contributed by atoms with van der Waals surface area (Å²) in [5.74, 6) is 0.365. The van der Waals surface area contributed by atoms with Gasteiger partial charge in [0.25, 0.3) is 0 Å². The van der Waals surface area contributed by atoms with Crippen LogP contribution < -0.4 is 20.1 Å². The summed E-state index contributed by atoms with van der Waals surface area (Å²) in [6.07, 6.45) is 1.11. The second kappa shape index (κ2) is 8.16. The standard InChI is InChI=1S/C13H15BrN4O6S/c1-22-12-8(15-13(19)16-10-7-9(14)24-18-10)3-4-11(17-12)23-5-6-25(2,20)21/h3-4,7H,5-6H2,1-2H3,(H2,15,16,18,19). The first-order valence-electron chi connectivity index (χ1n) is 6.82. The highest BCUT2D eigenvalue weighted by molar-refractivity contribution is 9.10. The maximum atomic E-state index is 11.9. The largest absolute Gasteiger partial charge is 0.479 e. The molecule has 25 heavy (non-hydrogen) atoms. The van der Waals surface area contributed by atoms with Gasteiger partial charge in [-0.2, -0.15) is 4.98 Å². The van der Waals surface area contributed by atoms with Gasteiger partial charge in [0, 0.05) is 18.4 Å². The van der Waals surface area contributed by atoms with Crippen molar-refractivity contribution in [3.63, 3.8) is 0 Å². The quantitative estimate of drug-likeness (QED) is 0.674. The number of ether oxygens (including phenoxy) is 2. The summed E-state index contributed by atoms with van der Waals surface area (Å²) in [7, 11) is -1.75. The third kappa shape index (κ3) is 6.23. The van der Waals surface area contributed by atoms with Gasteiger partial charge in [0.05, 0.1) is 12.9 Å². The van der Waals surface area contributed by atoms with Crippen LogP contribution in [0.3, 0.4) is 0 Å². The van der Waals surface area contributed by atoms with Crippen LogP contribution in [0.1, 0.15) is 0 Å². The van der Waals surface area contributed by atoms with Crippen molar-refractivity contribution in [2.45, 2.75) is 0 Å². The Morgan fingerprint density at radius 1 is 1.36 bits per heavy atom. The Balaban J connectivity index is 1.99. The van der Waals surface area contributed by atoms with Gasteiger partial charge in [0.2, 0.25) is 16.4 Å². The molecule has 0 radical (unpaired) electrons. The molecular formula is C13H15BrN4O6S. The Kier molecular flexibility index (Phi) is 6.20.